The number of rotatable bonds is 4. The molecule has 2 rings (SSSR count). The van der Waals surface area contributed by atoms with Crippen LogP contribution in [0.25, 0.3) is 0 Å². The van der Waals surface area contributed by atoms with Gasteiger partial charge in [-0.1, -0.05) is 6.07 Å². The number of hydrogen-bond acceptors (Lipinski definition) is 3. The van der Waals surface area contributed by atoms with E-state index in [2.05, 4.69) is 9.82 Å². The molecule has 0 saturated carbocycles. The zero-order valence-corrected chi connectivity index (χ0v) is 12.7. The lowest BCUT2D eigenvalue weighted by Gasteiger charge is -2.12. The third-order valence-corrected chi connectivity index (χ3v) is 4.57. The van der Waals surface area contributed by atoms with Gasteiger partial charge in [-0.3, -0.25) is 4.68 Å². The van der Waals surface area contributed by atoms with Crippen LogP contribution in [0.5, 0.6) is 0 Å². The molecule has 0 spiro atoms. The molecule has 1 heterocycles. The Morgan fingerprint density at radius 1 is 1.32 bits per heavy atom. The summed E-state index contributed by atoms with van der Waals surface area (Å²) in [7, 11) is -2.37. The Kier molecular flexibility index (Phi) is 4.30. The molecule has 1 aromatic heterocycles. The largest absolute Gasteiger partial charge is 0.416 e. The van der Waals surface area contributed by atoms with Crippen molar-refractivity contribution in [3.8, 4) is 0 Å². The summed E-state index contributed by atoms with van der Waals surface area (Å²) >= 11 is 0. The van der Waals surface area contributed by atoms with E-state index in [0.717, 1.165) is 12.1 Å². The van der Waals surface area contributed by atoms with Crippen LogP contribution in [0, 0.1) is 6.92 Å². The molecule has 0 atom stereocenters. The average molecular weight is 333 g/mol. The van der Waals surface area contributed by atoms with Gasteiger partial charge in [-0.2, -0.15) is 18.3 Å². The summed E-state index contributed by atoms with van der Waals surface area (Å²) in [5.41, 5.74) is -0.151. The Morgan fingerprint density at radius 2 is 2.00 bits per heavy atom. The smallest absolute Gasteiger partial charge is 0.275 e. The monoisotopic (exact) mass is 333 g/mol. The molecule has 0 radical (unpaired) electrons. The predicted molar refractivity (Wildman–Crippen MR) is 73.4 cm³/mol. The van der Waals surface area contributed by atoms with Gasteiger partial charge in [0.2, 0.25) is 10.0 Å². The molecule has 0 fully saturated rings. The van der Waals surface area contributed by atoms with Crippen molar-refractivity contribution in [3.05, 3.63) is 47.3 Å². The summed E-state index contributed by atoms with van der Waals surface area (Å²) in [5.74, 6) is 0. The van der Waals surface area contributed by atoms with Crippen molar-refractivity contribution < 1.29 is 21.6 Å². The number of alkyl halides is 3. The molecule has 0 aliphatic carbocycles. The molecule has 0 saturated heterocycles. The standard InChI is InChI=1S/C13H14F3N3O2S/c1-9-3-4-11(13(14,15)16)5-12(9)22(20,21)18-7-10-6-17-19(2)8-10/h3-6,8,18H,7H2,1-2H3. The minimum atomic E-state index is -4.60. The SMILES string of the molecule is Cc1ccc(C(F)(F)F)cc1S(=O)(=O)NCc1cnn(C)c1. The third-order valence-electron chi connectivity index (χ3n) is 3.03. The van der Waals surface area contributed by atoms with Crippen LogP contribution in [0.3, 0.4) is 0 Å². The van der Waals surface area contributed by atoms with Gasteiger partial charge in [-0.05, 0) is 24.6 Å². The van der Waals surface area contributed by atoms with Crippen LogP contribution in [0.15, 0.2) is 35.5 Å². The Morgan fingerprint density at radius 3 is 2.55 bits per heavy atom. The molecule has 2 aromatic rings. The normalized spacial score (nSPS) is 12.6. The molecule has 0 bridgehead atoms. The first-order valence-electron chi connectivity index (χ1n) is 6.24. The first-order valence-corrected chi connectivity index (χ1v) is 7.73. The van der Waals surface area contributed by atoms with Gasteiger partial charge < -0.3 is 0 Å². The molecule has 0 amide bonds. The van der Waals surface area contributed by atoms with Crippen molar-refractivity contribution in [2.75, 3.05) is 0 Å². The van der Waals surface area contributed by atoms with Crippen molar-refractivity contribution >= 4 is 10.0 Å². The summed E-state index contributed by atoms with van der Waals surface area (Å²) in [5, 5.41) is 3.89. The van der Waals surface area contributed by atoms with E-state index in [1.807, 2.05) is 0 Å². The quantitative estimate of drug-likeness (QED) is 0.933. The van der Waals surface area contributed by atoms with Gasteiger partial charge in [0.15, 0.2) is 0 Å². The van der Waals surface area contributed by atoms with Gasteiger partial charge in [0, 0.05) is 25.4 Å². The number of hydrogen-bond donors (Lipinski definition) is 1. The molecular formula is C13H14F3N3O2S. The first-order chi connectivity index (χ1) is 10.1. The second kappa shape index (κ2) is 5.73. The highest BCUT2D eigenvalue weighted by atomic mass is 32.2. The highest BCUT2D eigenvalue weighted by Gasteiger charge is 2.32. The van der Waals surface area contributed by atoms with E-state index in [1.165, 1.54) is 17.8 Å². The van der Waals surface area contributed by atoms with Gasteiger partial charge in [-0.25, -0.2) is 13.1 Å². The highest BCUT2D eigenvalue weighted by molar-refractivity contribution is 7.89. The Bertz CT molecular complexity index is 782. The van der Waals surface area contributed by atoms with Gasteiger partial charge in [0.25, 0.3) is 0 Å². The Hall–Kier alpha value is -1.87. The number of nitrogens with zero attached hydrogens (tertiary/aromatic N) is 2. The molecule has 1 N–H and O–H groups in total. The minimum Gasteiger partial charge on any atom is -0.275 e. The van der Waals surface area contributed by atoms with Crippen LogP contribution in [0.4, 0.5) is 13.2 Å². The van der Waals surface area contributed by atoms with Crippen molar-refractivity contribution in [1.82, 2.24) is 14.5 Å². The predicted octanol–water partition coefficient (Wildman–Crippen LogP) is 2.23. The molecular weight excluding hydrogens is 319 g/mol. The first kappa shape index (κ1) is 16.5. The van der Waals surface area contributed by atoms with Gasteiger partial charge in [0.05, 0.1) is 16.7 Å². The van der Waals surface area contributed by atoms with Crippen molar-refractivity contribution in [2.45, 2.75) is 24.5 Å². The van der Waals surface area contributed by atoms with Crippen LogP contribution in [-0.4, -0.2) is 18.2 Å². The Balaban J connectivity index is 2.28. The number of aryl methyl sites for hydroxylation is 2. The van der Waals surface area contributed by atoms with E-state index >= 15 is 0 Å². The van der Waals surface area contributed by atoms with E-state index in [-0.39, 0.29) is 17.0 Å². The van der Waals surface area contributed by atoms with Gasteiger partial charge >= 0.3 is 6.18 Å². The number of halogens is 3. The lowest BCUT2D eigenvalue weighted by atomic mass is 10.1. The van der Waals surface area contributed by atoms with E-state index in [9.17, 15) is 21.6 Å². The van der Waals surface area contributed by atoms with Gasteiger partial charge in [-0.15, -0.1) is 0 Å². The average Bonchev–Trinajstić information content (AvgIpc) is 2.81. The number of benzene rings is 1. The fraction of sp³-hybridized carbons (Fsp3) is 0.308. The second-order valence-corrected chi connectivity index (χ2v) is 6.56. The molecule has 0 aliphatic heterocycles. The topological polar surface area (TPSA) is 64.0 Å². The summed E-state index contributed by atoms with van der Waals surface area (Å²) in [6.45, 7) is 1.39. The minimum absolute atomic E-state index is 0.0497. The van der Waals surface area contributed by atoms with E-state index < -0.39 is 21.8 Å². The zero-order valence-electron chi connectivity index (χ0n) is 11.8. The van der Waals surface area contributed by atoms with Crippen LogP contribution in [0.2, 0.25) is 0 Å². The number of nitrogens with one attached hydrogen (secondary N) is 1. The molecule has 9 heteroatoms. The zero-order chi connectivity index (χ0) is 16.5. The van der Waals surface area contributed by atoms with Crippen molar-refractivity contribution in [3.63, 3.8) is 0 Å². The lowest BCUT2D eigenvalue weighted by Crippen LogP contribution is -2.24. The molecule has 5 nitrogen and oxygen atoms in total. The summed E-state index contributed by atoms with van der Waals surface area (Å²) < 4.78 is 66.3. The summed E-state index contributed by atoms with van der Waals surface area (Å²) in [6.07, 6.45) is -1.51. The maximum atomic E-state index is 12.7. The summed E-state index contributed by atoms with van der Waals surface area (Å²) in [6, 6.07) is 2.64. The van der Waals surface area contributed by atoms with Crippen LogP contribution >= 0.6 is 0 Å². The fourth-order valence-electron chi connectivity index (χ4n) is 1.89. The maximum absolute atomic E-state index is 12.7. The van der Waals surface area contributed by atoms with Crippen LogP contribution in [-0.2, 0) is 29.8 Å². The van der Waals surface area contributed by atoms with E-state index in [4.69, 9.17) is 0 Å². The fourth-order valence-corrected chi connectivity index (χ4v) is 3.17. The third kappa shape index (κ3) is 3.66. The van der Waals surface area contributed by atoms with E-state index in [0.29, 0.717) is 11.6 Å². The van der Waals surface area contributed by atoms with Gasteiger partial charge in [0.1, 0.15) is 0 Å². The highest BCUT2D eigenvalue weighted by Crippen LogP contribution is 2.31. The molecule has 120 valence electrons. The van der Waals surface area contributed by atoms with Crippen LogP contribution in [0.1, 0.15) is 16.7 Å². The molecule has 22 heavy (non-hydrogen) atoms. The molecule has 1 aromatic carbocycles. The second-order valence-electron chi connectivity index (χ2n) is 4.82. The lowest BCUT2D eigenvalue weighted by molar-refractivity contribution is -0.137. The van der Waals surface area contributed by atoms with E-state index in [1.54, 1.807) is 13.2 Å². The van der Waals surface area contributed by atoms with Crippen LogP contribution < -0.4 is 4.72 Å². The Labute approximate surface area is 125 Å². The summed E-state index contributed by atoms with van der Waals surface area (Å²) in [4.78, 5) is -0.383. The van der Waals surface area contributed by atoms with Crippen molar-refractivity contribution in [2.24, 2.45) is 7.05 Å². The molecule has 0 aliphatic rings. The molecule has 0 unspecified atom stereocenters. The number of aromatic nitrogens is 2. The number of sulfonamides is 1. The van der Waals surface area contributed by atoms with Crippen molar-refractivity contribution in [1.29, 1.82) is 0 Å². The maximum Gasteiger partial charge on any atom is 0.416 e.